The lowest BCUT2D eigenvalue weighted by atomic mass is 9.89. The minimum Gasteiger partial charge on any atom is -0.341 e. The molecule has 0 aliphatic heterocycles. The van der Waals surface area contributed by atoms with Gasteiger partial charge in [-0.15, -0.1) is 11.3 Å². The van der Waals surface area contributed by atoms with Crippen molar-refractivity contribution < 1.29 is 9.59 Å². The normalized spacial score (nSPS) is 16.5. The van der Waals surface area contributed by atoms with E-state index >= 15 is 0 Å². The van der Waals surface area contributed by atoms with Crippen molar-refractivity contribution in [2.75, 3.05) is 7.05 Å². The molecule has 2 atom stereocenters. The number of carbonyl (C=O) groups excluding carboxylic acids is 2. The topological polar surface area (TPSA) is 93.1 Å². The van der Waals surface area contributed by atoms with Gasteiger partial charge in [-0.1, -0.05) is 36.9 Å². The zero-order valence-corrected chi connectivity index (χ0v) is 19.2. The molecule has 9 heteroatoms. The summed E-state index contributed by atoms with van der Waals surface area (Å²) in [5.41, 5.74) is 1.72. The maximum absolute atomic E-state index is 13.7. The third-order valence-electron chi connectivity index (χ3n) is 5.43. The molecule has 31 heavy (non-hydrogen) atoms. The summed E-state index contributed by atoms with van der Waals surface area (Å²) >= 11 is 2.75. The molecule has 0 radical (unpaired) electrons. The zero-order chi connectivity index (χ0) is 22.1. The minimum absolute atomic E-state index is 0.107. The lowest BCUT2D eigenvalue weighted by Gasteiger charge is -2.18. The highest BCUT2D eigenvalue weighted by Crippen LogP contribution is 2.37. The number of hydrogen-bond donors (Lipinski definition) is 2. The van der Waals surface area contributed by atoms with Crippen LogP contribution in [0.15, 0.2) is 40.3 Å². The first kappa shape index (κ1) is 21.6. The molecule has 2 heterocycles. The van der Waals surface area contributed by atoms with Crippen LogP contribution in [0.5, 0.6) is 0 Å². The summed E-state index contributed by atoms with van der Waals surface area (Å²) in [5, 5.41) is 5.17. The van der Waals surface area contributed by atoms with Gasteiger partial charge in [-0.05, 0) is 49.8 Å². The second-order valence-corrected chi connectivity index (χ2v) is 10.1. The van der Waals surface area contributed by atoms with Crippen LogP contribution in [0.1, 0.15) is 30.7 Å². The van der Waals surface area contributed by atoms with Gasteiger partial charge in [0.25, 0.3) is 5.56 Å². The van der Waals surface area contributed by atoms with Crippen molar-refractivity contribution >= 4 is 45.3 Å². The molecule has 1 aliphatic rings. The molecule has 4 rings (SSSR count). The summed E-state index contributed by atoms with van der Waals surface area (Å²) in [6.07, 6.45) is 2.92. The summed E-state index contributed by atoms with van der Waals surface area (Å²) in [6, 6.07) is 8.77. The predicted octanol–water partition coefficient (Wildman–Crippen LogP) is 3.51. The number of aryl methyl sites for hydroxylation is 1. The lowest BCUT2D eigenvalue weighted by molar-refractivity contribution is -0.119. The lowest BCUT2D eigenvalue weighted by Crippen LogP contribution is -2.41. The van der Waals surface area contributed by atoms with Gasteiger partial charge in [0, 0.05) is 11.9 Å². The van der Waals surface area contributed by atoms with Crippen LogP contribution >= 0.6 is 23.1 Å². The molecule has 0 fully saturated rings. The Hall–Kier alpha value is -2.65. The largest absolute Gasteiger partial charge is 0.341 e. The van der Waals surface area contributed by atoms with Crippen LogP contribution in [0, 0.1) is 5.92 Å². The Morgan fingerprint density at radius 3 is 2.74 bits per heavy atom. The summed E-state index contributed by atoms with van der Waals surface area (Å²) < 4.78 is 1.59. The SMILES string of the molecule is CNC(=O)NC(=O)C(C)Sc1nc2sc3c(c2c(=O)n1-c1ccccc1)CCC(C)C3. The molecular formula is C22H24N4O3S2. The number of aromatic nitrogens is 2. The summed E-state index contributed by atoms with van der Waals surface area (Å²) in [6.45, 7) is 3.92. The molecule has 0 saturated carbocycles. The first-order valence-electron chi connectivity index (χ1n) is 10.2. The second-order valence-electron chi connectivity index (χ2n) is 7.73. The highest BCUT2D eigenvalue weighted by molar-refractivity contribution is 8.00. The number of thioether (sulfide) groups is 1. The van der Waals surface area contributed by atoms with Crippen LogP contribution < -0.4 is 16.2 Å². The molecular weight excluding hydrogens is 432 g/mol. The monoisotopic (exact) mass is 456 g/mol. The average Bonchev–Trinajstić information content (AvgIpc) is 3.11. The molecule has 3 amide bonds. The molecule has 1 aliphatic carbocycles. The predicted molar refractivity (Wildman–Crippen MR) is 124 cm³/mol. The molecule has 0 bridgehead atoms. The van der Waals surface area contributed by atoms with E-state index in [1.807, 2.05) is 30.3 Å². The zero-order valence-electron chi connectivity index (χ0n) is 17.6. The molecule has 7 nitrogen and oxygen atoms in total. The third kappa shape index (κ3) is 4.24. The van der Waals surface area contributed by atoms with E-state index in [0.29, 0.717) is 22.1 Å². The van der Waals surface area contributed by atoms with Crippen LogP contribution in [0.2, 0.25) is 0 Å². The number of urea groups is 1. The molecule has 3 aromatic rings. The molecule has 0 spiro atoms. The van der Waals surface area contributed by atoms with Gasteiger partial charge in [-0.25, -0.2) is 9.78 Å². The van der Waals surface area contributed by atoms with Crippen molar-refractivity contribution in [3.63, 3.8) is 0 Å². The van der Waals surface area contributed by atoms with Crippen LogP contribution in [0.4, 0.5) is 4.79 Å². The number of imide groups is 1. The third-order valence-corrected chi connectivity index (χ3v) is 7.63. The van der Waals surface area contributed by atoms with Gasteiger partial charge in [-0.3, -0.25) is 19.5 Å². The first-order valence-corrected chi connectivity index (χ1v) is 11.9. The van der Waals surface area contributed by atoms with E-state index in [1.165, 1.54) is 23.7 Å². The Bertz CT molecular complexity index is 1200. The number of hydrogen-bond acceptors (Lipinski definition) is 6. The summed E-state index contributed by atoms with van der Waals surface area (Å²) in [7, 11) is 1.45. The smallest absolute Gasteiger partial charge is 0.321 e. The highest BCUT2D eigenvalue weighted by Gasteiger charge is 2.27. The molecule has 162 valence electrons. The van der Waals surface area contributed by atoms with E-state index < -0.39 is 17.2 Å². The standard InChI is InChI=1S/C22H24N4O3S2/c1-12-9-10-15-16(11-12)31-19-17(15)20(28)26(14-7-5-4-6-8-14)22(25-19)30-13(2)18(27)24-21(29)23-3/h4-8,12-13H,9-11H2,1-3H3,(H2,23,24,27,29). The average molecular weight is 457 g/mol. The van der Waals surface area contributed by atoms with E-state index in [-0.39, 0.29) is 5.56 Å². The number of amides is 3. The Morgan fingerprint density at radius 1 is 1.29 bits per heavy atom. The van der Waals surface area contributed by atoms with Gasteiger partial charge >= 0.3 is 6.03 Å². The quantitative estimate of drug-likeness (QED) is 0.463. The maximum Gasteiger partial charge on any atom is 0.321 e. The maximum atomic E-state index is 13.7. The van der Waals surface area contributed by atoms with Gasteiger partial charge in [-0.2, -0.15) is 0 Å². The van der Waals surface area contributed by atoms with E-state index in [2.05, 4.69) is 17.6 Å². The van der Waals surface area contributed by atoms with Crippen LogP contribution in [-0.4, -0.2) is 33.8 Å². The first-order chi connectivity index (χ1) is 14.9. The van der Waals surface area contributed by atoms with Crippen LogP contribution in [-0.2, 0) is 17.6 Å². The number of nitrogens with zero attached hydrogens (tertiary/aromatic N) is 2. The molecule has 1 aromatic carbocycles. The Kier molecular flexibility index (Phi) is 6.15. The molecule has 0 saturated heterocycles. The van der Waals surface area contributed by atoms with Gasteiger partial charge in [0.1, 0.15) is 4.83 Å². The number of thiophene rings is 1. The minimum atomic E-state index is -0.619. The number of para-hydroxylation sites is 1. The number of nitrogens with one attached hydrogen (secondary N) is 2. The fraction of sp³-hybridized carbons (Fsp3) is 0.364. The number of rotatable bonds is 4. The van der Waals surface area contributed by atoms with Crippen molar-refractivity contribution in [3.05, 3.63) is 51.1 Å². The highest BCUT2D eigenvalue weighted by atomic mass is 32.2. The van der Waals surface area contributed by atoms with Crippen molar-refractivity contribution in [1.82, 2.24) is 20.2 Å². The van der Waals surface area contributed by atoms with Crippen molar-refractivity contribution in [2.45, 2.75) is 43.5 Å². The van der Waals surface area contributed by atoms with E-state index in [0.717, 1.165) is 29.7 Å². The second kappa shape index (κ2) is 8.84. The van der Waals surface area contributed by atoms with Crippen molar-refractivity contribution in [1.29, 1.82) is 0 Å². The number of benzene rings is 1. The molecule has 2 N–H and O–H groups in total. The van der Waals surface area contributed by atoms with Gasteiger partial charge in [0.05, 0.1) is 16.3 Å². The fourth-order valence-corrected chi connectivity index (χ4v) is 6.09. The fourth-order valence-electron chi connectivity index (χ4n) is 3.74. The van der Waals surface area contributed by atoms with Crippen LogP contribution in [0.3, 0.4) is 0 Å². The summed E-state index contributed by atoms with van der Waals surface area (Å²) in [4.78, 5) is 44.4. The van der Waals surface area contributed by atoms with Crippen molar-refractivity contribution in [2.24, 2.45) is 5.92 Å². The molecule has 2 unspecified atom stereocenters. The van der Waals surface area contributed by atoms with Gasteiger partial charge in [0.15, 0.2) is 5.16 Å². The van der Waals surface area contributed by atoms with E-state index in [9.17, 15) is 14.4 Å². The Labute approximate surface area is 188 Å². The van der Waals surface area contributed by atoms with E-state index in [4.69, 9.17) is 4.98 Å². The van der Waals surface area contributed by atoms with Crippen LogP contribution in [0.25, 0.3) is 15.9 Å². The summed E-state index contributed by atoms with van der Waals surface area (Å²) in [5.74, 6) is 0.150. The number of carbonyl (C=O) groups is 2. The molecule has 2 aromatic heterocycles. The Morgan fingerprint density at radius 2 is 2.03 bits per heavy atom. The Balaban J connectivity index is 1.83. The van der Waals surface area contributed by atoms with Crippen molar-refractivity contribution in [3.8, 4) is 5.69 Å². The number of fused-ring (bicyclic) bond motifs is 3. The van der Waals surface area contributed by atoms with E-state index in [1.54, 1.807) is 22.8 Å². The van der Waals surface area contributed by atoms with Gasteiger partial charge < -0.3 is 5.32 Å². The van der Waals surface area contributed by atoms with Gasteiger partial charge in [0.2, 0.25) is 5.91 Å².